The van der Waals surface area contributed by atoms with E-state index in [4.69, 9.17) is 24.7 Å². The van der Waals surface area contributed by atoms with Crippen LogP contribution in [0.3, 0.4) is 0 Å². The predicted molar refractivity (Wildman–Crippen MR) is 83.9 cm³/mol. The van der Waals surface area contributed by atoms with E-state index in [9.17, 15) is 19.1 Å². The summed E-state index contributed by atoms with van der Waals surface area (Å²) in [6.45, 7) is 4.61. The van der Waals surface area contributed by atoms with Crippen LogP contribution in [0.2, 0.25) is 0 Å². The number of hydrogen-bond acceptors (Lipinski definition) is 11. The fraction of sp³-hybridized carbons (Fsp3) is 0.714. The Balaban J connectivity index is 0.00000210. The molecule has 2 aliphatic rings. The third-order valence-corrected chi connectivity index (χ3v) is 4.56. The molecule has 2 N–H and O–H groups in total. The molecule has 0 spiro atoms. The topological polar surface area (TPSA) is 170 Å². The number of ether oxygens (including phenoxy) is 4. The largest absolute Gasteiger partial charge is 1.00 e. The number of aromatic nitrogens is 2. The average Bonchev–Trinajstić information content (AvgIpc) is 3.16. The van der Waals surface area contributed by atoms with Gasteiger partial charge in [0.25, 0.3) is 0 Å². The van der Waals surface area contributed by atoms with Crippen molar-refractivity contribution in [2.24, 2.45) is 0 Å². The van der Waals surface area contributed by atoms with Crippen molar-refractivity contribution in [3.8, 4) is 0 Å². The molecule has 2 aliphatic heterocycles. The van der Waals surface area contributed by atoms with Gasteiger partial charge < -0.3 is 43.6 Å². The number of phosphoric acid groups is 1. The average molecular weight is 451 g/mol. The van der Waals surface area contributed by atoms with E-state index in [1.165, 1.54) is 10.9 Å². The van der Waals surface area contributed by atoms with Crippen LogP contribution in [0.5, 0.6) is 0 Å². The van der Waals surface area contributed by atoms with Gasteiger partial charge in [-0.15, -0.1) is 0 Å². The van der Waals surface area contributed by atoms with Gasteiger partial charge in [0, 0.05) is 0 Å². The summed E-state index contributed by atoms with van der Waals surface area (Å²) in [5.41, 5.74) is 5.92. The van der Waals surface area contributed by atoms with Crippen molar-refractivity contribution in [2.45, 2.75) is 51.1 Å². The van der Waals surface area contributed by atoms with Crippen LogP contribution in [0, 0.1) is 0 Å². The fourth-order valence-corrected chi connectivity index (χ4v) is 3.44. The SMILES string of the molecule is CCOC(=O)c1ncn(C2OC(COP(=O)([O-])[O-])C3OC(C)(C)OC32)c1N.[Na+].[Na+]. The van der Waals surface area contributed by atoms with Gasteiger partial charge in [0.15, 0.2) is 17.7 Å². The second kappa shape index (κ2) is 10.4. The molecule has 12 nitrogen and oxygen atoms in total. The van der Waals surface area contributed by atoms with Gasteiger partial charge in [-0.1, -0.05) is 0 Å². The van der Waals surface area contributed by atoms with Crippen LogP contribution in [-0.2, 0) is 28.0 Å². The smallest absolute Gasteiger partial charge is 0.790 e. The molecule has 4 atom stereocenters. The van der Waals surface area contributed by atoms with Crippen LogP contribution < -0.4 is 74.6 Å². The Bertz CT molecular complexity index is 772. The van der Waals surface area contributed by atoms with Gasteiger partial charge in [0.05, 0.1) is 27.4 Å². The number of anilines is 1. The van der Waals surface area contributed by atoms with E-state index >= 15 is 0 Å². The minimum atomic E-state index is -5.19. The number of imidazole rings is 1. The summed E-state index contributed by atoms with van der Waals surface area (Å²) in [7, 11) is -5.19. The predicted octanol–water partition coefficient (Wildman–Crippen LogP) is -7.09. The number of nitrogens with zero attached hydrogens (tertiary/aromatic N) is 2. The second-order valence-corrected chi connectivity index (χ2v) is 7.63. The number of nitrogens with two attached hydrogens (primary N) is 1. The molecule has 3 rings (SSSR count). The molecule has 29 heavy (non-hydrogen) atoms. The van der Waals surface area contributed by atoms with Crippen molar-refractivity contribution < 1.29 is 102 Å². The molecule has 3 heterocycles. The minimum absolute atomic E-state index is 0. The first-order valence-corrected chi connectivity index (χ1v) is 9.65. The van der Waals surface area contributed by atoms with E-state index in [1.54, 1.807) is 20.8 Å². The van der Waals surface area contributed by atoms with Crippen molar-refractivity contribution >= 4 is 19.6 Å². The Kier molecular flexibility index (Phi) is 9.85. The summed E-state index contributed by atoms with van der Waals surface area (Å²) in [5, 5.41) is 0. The first-order chi connectivity index (χ1) is 12.5. The number of esters is 1. The molecule has 2 saturated heterocycles. The van der Waals surface area contributed by atoms with Gasteiger partial charge in [0.2, 0.25) is 0 Å². The molecule has 4 unspecified atom stereocenters. The van der Waals surface area contributed by atoms with Gasteiger partial charge in [0.1, 0.15) is 24.1 Å². The van der Waals surface area contributed by atoms with E-state index in [2.05, 4.69) is 9.51 Å². The van der Waals surface area contributed by atoms with E-state index in [0.717, 1.165) is 0 Å². The van der Waals surface area contributed by atoms with E-state index in [0.29, 0.717) is 0 Å². The maximum absolute atomic E-state index is 11.9. The number of hydrogen-bond donors (Lipinski definition) is 1. The third-order valence-electron chi connectivity index (χ3n) is 4.10. The third kappa shape index (κ3) is 6.26. The van der Waals surface area contributed by atoms with Crippen LogP contribution in [0.25, 0.3) is 0 Å². The molecular formula is C14H20N3Na2O9P. The first kappa shape index (κ1) is 27.5. The molecule has 0 bridgehead atoms. The Labute approximate surface area is 211 Å². The molecule has 0 radical (unpaired) electrons. The number of rotatable bonds is 6. The van der Waals surface area contributed by atoms with Crippen LogP contribution in [0.1, 0.15) is 37.5 Å². The fourth-order valence-electron chi connectivity index (χ4n) is 3.11. The normalized spacial score (nSPS) is 27.6. The Morgan fingerprint density at radius 1 is 1.34 bits per heavy atom. The molecule has 152 valence electrons. The quantitative estimate of drug-likeness (QED) is 0.248. The zero-order chi connectivity index (χ0) is 20.0. The Morgan fingerprint density at radius 3 is 2.55 bits per heavy atom. The summed E-state index contributed by atoms with van der Waals surface area (Å²) >= 11 is 0. The summed E-state index contributed by atoms with van der Waals surface area (Å²) in [6.07, 6.45) is -1.92. The summed E-state index contributed by atoms with van der Waals surface area (Å²) in [5.74, 6) is -1.68. The van der Waals surface area contributed by atoms with E-state index in [-0.39, 0.29) is 77.2 Å². The maximum Gasteiger partial charge on any atom is 1.00 e. The molecule has 2 fully saturated rings. The molecule has 0 amide bonds. The second-order valence-electron chi connectivity index (χ2n) is 6.48. The zero-order valence-corrected chi connectivity index (χ0v) is 21.8. The van der Waals surface area contributed by atoms with Crippen LogP contribution >= 0.6 is 7.82 Å². The number of phosphoric ester groups is 1. The monoisotopic (exact) mass is 451 g/mol. The minimum Gasteiger partial charge on any atom is -0.790 e. The van der Waals surface area contributed by atoms with Crippen LogP contribution in [0.4, 0.5) is 5.82 Å². The molecule has 0 aliphatic carbocycles. The van der Waals surface area contributed by atoms with Gasteiger partial charge in [-0.3, -0.25) is 4.57 Å². The van der Waals surface area contributed by atoms with Crippen molar-refractivity contribution in [3.05, 3.63) is 12.0 Å². The Morgan fingerprint density at radius 2 is 1.97 bits per heavy atom. The van der Waals surface area contributed by atoms with Gasteiger partial charge >= 0.3 is 65.1 Å². The number of fused-ring (bicyclic) bond motifs is 1. The standard InChI is InChI=1S/C14H22N3O9P.2Na/c1-4-22-13(18)8-11(15)17(6-16-8)12-10-9(25-14(2,3)26-10)7(24-12)5-23-27(19,20)21;;/h6-7,9-10,12H,4-5,15H2,1-3H3,(H2,19,20,21);;/q;2*+1/p-2. The molecule has 0 aromatic carbocycles. The number of nitrogen functional groups attached to an aromatic ring is 1. The molecule has 1 aromatic heterocycles. The van der Waals surface area contributed by atoms with Gasteiger partial charge in [-0.05, 0) is 20.8 Å². The van der Waals surface area contributed by atoms with Gasteiger partial charge in [-0.25, -0.2) is 9.78 Å². The van der Waals surface area contributed by atoms with Crippen LogP contribution in [-0.4, -0.2) is 52.8 Å². The maximum atomic E-state index is 11.9. The zero-order valence-electron chi connectivity index (χ0n) is 16.9. The molecule has 1 aromatic rings. The van der Waals surface area contributed by atoms with E-state index in [1.807, 2.05) is 0 Å². The molecular weight excluding hydrogens is 431 g/mol. The summed E-state index contributed by atoms with van der Waals surface area (Å²) in [4.78, 5) is 37.4. The van der Waals surface area contributed by atoms with Crippen molar-refractivity contribution in [1.82, 2.24) is 9.55 Å². The van der Waals surface area contributed by atoms with Crippen molar-refractivity contribution in [1.29, 1.82) is 0 Å². The number of carbonyl (C=O) groups is 1. The van der Waals surface area contributed by atoms with Crippen LogP contribution in [0.15, 0.2) is 6.33 Å². The van der Waals surface area contributed by atoms with Gasteiger partial charge in [-0.2, -0.15) is 0 Å². The van der Waals surface area contributed by atoms with Crippen molar-refractivity contribution in [2.75, 3.05) is 18.9 Å². The molecule has 15 heteroatoms. The van der Waals surface area contributed by atoms with E-state index < -0.39 is 50.7 Å². The summed E-state index contributed by atoms with van der Waals surface area (Å²) in [6, 6.07) is 0. The Hall–Kier alpha value is 0.470. The van der Waals surface area contributed by atoms with Crippen molar-refractivity contribution in [3.63, 3.8) is 0 Å². The summed E-state index contributed by atoms with van der Waals surface area (Å²) < 4.78 is 38.7. The molecule has 0 saturated carbocycles. The number of carbonyl (C=O) groups excluding carboxylic acids is 1. The first-order valence-electron chi connectivity index (χ1n) is 8.19.